The van der Waals surface area contributed by atoms with Crippen LogP contribution in [-0.2, 0) is 9.53 Å². The van der Waals surface area contributed by atoms with Crippen molar-refractivity contribution >= 4 is 5.91 Å². The molecule has 2 atom stereocenters. The number of ether oxygens (including phenoxy) is 1. The normalized spacial score (nSPS) is 32.6. The molecule has 2 unspecified atom stereocenters. The highest BCUT2D eigenvalue weighted by molar-refractivity contribution is 5.77. The molecule has 1 fully saturated rings. The molecule has 3 rings (SSSR count). The maximum atomic E-state index is 11.3. The number of hydrogen-bond donors (Lipinski definition) is 2. The first-order valence-corrected chi connectivity index (χ1v) is 5.95. The zero-order valence-electron chi connectivity index (χ0n) is 9.56. The minimum Gasteiger partial charge on any atom is -0.473 e. The fraction of sp³-hybridized carbons (Fsp3) is 0.462. The predicted molar refractivity (Wildman–Crippen MR) is 63.3 cm³/mol. The summed E-state index contributed by atoms with van der Waals surface area (Å²) in [6.45, 7) is 0.866. The molecule has 0 aromatic heterocycles. The van der Waals surface area contributed by atoms with E-state index < -0.39 is 0 Å². The molecule has 3 N–H and O–H groups in total. The van der Waals surface area contributed by atoms with Gasteiger partial charge in [0.05, 0.1) is 12.5 Å². The van der Waals surface area contributed by atoms with Crippen LogP contribution in [-0.4, -0.2) is 12.5 Å². The number of hydrogen-bond acceptors (Lipinski definition) is 3. The number of primary amides is 1. The van der Waals surface area contributed by atoms with Gasteiger partial charge in [-0.25, -0.2) is 0 Å². The number of carbonyl (C=O) groups excluding carboxylic acids is 1. The standard InChI is InChI=1S/C13H16N2O2/c14-12(16)9-1-2-11-10(7-9)13(8-15-11)3-5-17-6-4-13/h2-6,9-10,15H,1,7-8H2,(H2,14,16). The van der Waals surface area contributed by atoms with Gasteiger partial charge in [0.2, 0.25) is 5.91 Å². The van der Waals surface area contributed by atoms with Gasteiger partial charge in [-0.1, -0.05) is 6.08 Å². The van der Waals surface area contributed by atoms with Crippen molar-refractivity contribution in [2.45, 2.75) is 12.8 Å². The van der Waals surface area contributed by atoms with Gasteiger partial charge in [0.15, 0.2) is 0 Å². The Labute approximate surface area is 100 Å². The van der Waals surface area contributed by atoms with Gasteiger partial charge >= 0.3 is 0 Å². The first kappa shape index (κ1) is 10.4. The molecule has 2 heterocycles. The molecule has 4 heteroatoms. The highest BCUT2D eigenvalue weighted by atomic mass is 16.5. The average molecular weight is 232 g/mol. The van der Waals surface area contributed by atoms with Gasteiger partial charge in [-0.15, -0.1) is 0 Å². The Morgan fingerprint density at radius 3 is 2.94 bits per heavy atom. The number of allylic oxidation sites excluding steroid dienone is 2. The van der Waals surface area contributed by atoms with E-state index in [2.05, 4.69) is 23.5 Å². The van der Waals surface area contributed by atoms with Gasteiger partial charge in [0, 0.05) is 29.5 Å². The van der Waals surface area contributed by atoms with Crippen LogP contribution < -0.4 is 11.1 Å². The number of nitrogens with two attached hydrogens (primary N) is 1. The molecule has 0 aromatic carbocycles. The fourth-order valence-corrected chi connectivity index (χ4v) is 3.02. The Balaban J connectivity index is 1.91. The molecule has 0 bridgehead atoms. The van der Waals surface area contributed by atoms with Crippen LogP contribution in [0.15, 0.2) is 36.4 Å². The van der Waals surface area contributed by atoms with Gasteiger partial charge in [0.25, 0.3) is 0 Å². The van der Waals surface area contributed by atoms with E-state index in [4.69, 9.17) is 10.5 Å². The molecule has 90 valence electrons. The van der Waals surface area contributed by atoms with Crippen molar-refractivity contribution in [3.63, 3.8) is 0 Å². The zero-order valence-corrected chi connectivity index (χ0v) is 9.56. The van der Waals surface area contributed by atoms with E-state index in [-0.39, 0.29) is 17.2 Å². The number of nitrogens with one attached hydrogen (secondary N) is 1. The van der Waals surface area contributed by atoms with E-state index >= 15 is 0 Å². The van der Waals surface area contributed by atoms with Crippen molar-refractivity contribution in [1.29, 1.82) is 0 Å². The summed E-state index contributed by atoms with van der Waals surface area (Å²) in [5.41, 5.74) is 6.62. The van der Waals surface area contributed by atoms with Crippen molar-refractivity contribution in [2.75, 3.05) is 6.54 Å². The molecule has 1 amide bonds. The number of amides is 1. The molecule has 0 radical (unpaired) electrons. The molecule has 4 nitrogen and oxygen atoms in total. The number of rotatable bonds is 1. The lowest BCUT2D eigenvalue weighted by molar-refractivity contribution is -0.122. The largest absolute Gasteiger partial charge is 0.473 e. The second-order valence-electron chi connectivity index (χ2n) is 4.99. The molecule has 0 saturated carbocycles. The van der Waals surface area contributed by atoms with Gasteiger partial charge < -0.3 is 15.8 Å². The van der Waals surface area contributed by atoms with Crippen LogP contribution >= 0.6 is 0 Å². The van der Waals surface area contributed by atoms with Gasteiger partial charge in [-0.2, -0.15) is 0 Å². The summed E-state index contributed by atoms with van der Waals surface area (Å²) in [4.78, 5) is 11.3. The van der Waals surface area contributed by atoms with E-state index in [9.17, 15) is 4.79 Å². The second kappa shape index (κ2) is 3.65. The predicted octanol–water partition coefficient (Wildman–Crippen LogP) is 1.03. The lowest BCUT2D eigenvalue weighted by Gasteiger charge is -2.33. The quantitative estimate of drug-likeness (QED) is 0.709. The van der Waals surface area contributed by atoms with Crippen LogP contribution in [0.5, 0.6) is 0 Å². The van der Waals surface area contributed by atoms with E-state index in [0.29, 0.717) is 5.92 Å². The van der Waals surface area contributed by atoms with Crippen LogP contribution in [0.25, 0.3) is 0 Å². The monoisotopic (exact) mass is 232 g/mol. The van der Waals surface area contributed by atoms with Gasteiger partial charge in [-0.3, -0.25) is 4.79 Å². The lowest BCUT2D eigenvalue weighted by atomic mass is 9.70. The summed E-state index contributed by atoms with van der Waals surface area (Å²) in [7, 11) is 0. The molecular formula is C13H16N2O2. The van der Waals surface area contributed by atoms with E-state index in [1.807, 2.05) is 0 Å². The summed E-state index contributed by atoms with van der Waals surface area (Å²) >= 11 is 0. The van der Waals surface area contributed by atoms with Gasteiger partial charge in [0.1, 0.15) is 0 Å². The molecule has 3 aliphatic rings. The average Bonchev–Trinajstić information content (AvgIpc) is 2.69. The Morgan fingerprint density at radius 2 is 2.24 bits per heavy atom. The summed E-state index contributed by atoms with van der Waals surface area (Å²) < 4.78 is 5.11. The highest BCUT2D eigenvalue weighted by Crippen LogP contribution is 2.47. The molecule has 17 heavy (non-hydrogen) atoms. The number of carbonyl (C=O) groups is 1. The van der Waals surface area contributed by atoms with Gasteiger partial charge in [-0.05, 0) is 25.0 Å². The smallest absolute Gasteiger partial charge is 0.220 e. The number of fused-ring (bicyclic) bond motifs is 2. The minimum absolute atomic E-state index is 0.0369. The van der Waals surface area contributed by atoms with Crippen molar-refractivity contribution < 1.29 is 9.53 Å². The van der Waals surface area contributed by atoms with E-state index in [0.717, 1.165) is 19.4 Å². The van der Waals surface area contributed by atoms with Crippen LogP contribution in [0.2, 0.25) is 0 Å². The lowest BCUT2D eigenvalue weighted by Crippen LogP contribution is -2.33. The summed E-state index contributed by atoms with van der Waals surface area (Å²) in [6, 6.07) is 0. The molecule has 1 saturated heterocycles. The van der Waals surface area contributed by atoms with Crippen molar-refractivity contribution in [1.82, 2.24) is 5.32 Å². The fourth-order valence-electron chi connectivity index (χ4n) is 3.02. The summed E-state index contributed by atoms with van der Waals surface area (Å²) in [5, 5.41) is 3.43. The Bertz CT molecular complexity index is 425. The third kappa shape index (κ3) is 1.55. The SMILES string of the molecule is NC(=O)C1CC=C2NCC3(C=COC=C3)C2C1. The maximum Gasteiger partial charge on any atom is 0.220 e. The Morgan fingerprint density at radius 1 is 1.47 bits per heavy atom. The summed E-state index contributed by atoms with van der Waals surface area (Å²) in [5.74, 6) is 0.0951. The third-order valence-corrected chi connectivity index (χ3v) is 4.08. The van der Waals surface area contributed by atoms with Crippen molar-refractivity contribution in [2.24, 2.45) is 23.0 Å². The molecule has 2 aliphatic heterocycles. The maximum absolute atomic E-state index is 11.3. The van der Waals surface area contributed by atoms with Crippen LogP contribution in [0.1, 0.15) is 12.8 Å². The highest BCUT2D eigenvalue weighted by Gasteiger charge is 2.46. The van der Waals surface area contributed by atoms with E-state index in [1.165, 1.54) is 5.70 Å². The summed E-state index contributed by atoms with van der Waals surface area (Å²) in [6.07, 6.45) is 11.3. The van der Waals surface area contributed by atoms with Crippen LogP contribution in [0, 0.1) is 17.3 Å². The Kier molecular flexibility index (Phi) is 2.24. The van der Waals surface area contributed by atoms with Crippen molar-refractivity contribution in [3.05, 3.63) is 36.4 Å². The topological polar surface area (TPSA) is 64.4 Å². The molecule has 0 aromatic rings. The molecular weight excluding hydrogens is 216 g/mol. The first-order chi connectivity index (χ1) is 8.21. The van der Waals surface area contributed by atoms with Crippen LogP contribution in [0.3, 0.4) is 0 Å². The zero-order chi connectivity index (χ0) is 11.9. The van der Waals surface area contributed by atoms with E-state index in [1.54, 1.807) is 12.5 Å². The first-order valence-electron chi connectivity index (χ1n) is 5.95. The molecule has 1 aliphatic carbocycles. The molecule has 1 spiro atoms. The third-order valence-electron chi connectivity index (χ3n) is 4.08. The minimum atomic E-state index is -0.192. The second-order valence-corrected chi connectivity index (χ2v) is 4.99. The Hall–Kier alpha value is -1.71. The van der Waals surface area contributed by atoms with Crippen LogP contribution in [0.4, 0.5) is 0 Å². The van der Waals surface area contributed by atoms with Crippen molar-refractivity contribution in [3.8, 4) is 0 Å².